The number of imide groups is 1. The van der Waals surface area contributed by atoms with Crippen molar-refractivity contribution in [1.82, 2.24) is 14.7 Å². The van der Waals surface area contributed by atoms with E-state index >= 15 is 0 Å². The van der Waals surface area contributed by atoms with E-state index in [1.54, 1.807) is 17.7 Å². The van der Waals surface area contributed by atoms with E-state index in [1.165, 1.54) is 0 Å². The molecule has 0 aliphatic carbocycles. The van der Waals surface area contributed by atoms with Gasteiger partial charge in [0.1, 0.15) is 17.4 Å². The summed E-state index contributed by atoms with van der Waals surface area (Å²) in [6.07, 6.45) is 5.02. The van der Waals surface area contributed by atoms with Crippen LogP contribution in [-0.4, -0.2) is 52.4 Å². The van der Waals surface area contributed by atoms with Crippen LogP contribution in [0.25, 0.3) is 23.0 Å². The molecule has 39 heavy (non-hydrogen) atoms. The number of para-hydroxylation sites is 1. The Morgan fingerprint density at radius 1 is 1.15 bits per heavy atom. The van der Waals surface area contributed by atoms with Crippen molar-refractivity contribution in [2.75, 3.05) is 19.8 Å². The van der Waals surface area contributed by atoms with Crippen LogP contribution in [0.5, 0.6) is 5.75 Å². The summed E-state index contributed by atoms with van der Waals surface area (Å²) in [4.78, 5) is 27.9. The summed E-state index contributed by atoms with van der Waals surface area (Å²) < 4.78 is 13.2. The fraction of sp³-hybridized carbons (Fsp3) is 0.290. The molecule has 1 fully saturated rings. The summed E-state index contributed by atoms with van der Waals surface area (Å²) in [6.45, 7) is 6.86. The number of hydrogen-bond donors (Lipinski definition) is 0. The summed E-state index contributed by atoms with van der Waals surface area (Å²) in [5.41, 5.74) is 4.65. The number of carbonyl (C=O) groups excluding carboxylic acids is 2. The molecule has 8 nitrogen and oxygen atoms in total. The van der Waals surface area contributed by atoms with E-state index in [-0.39, 0.29) is 18.2 Å². The van der Waals surface area contributed by atoms with Gasteiger partial charge in [-0.15, -0.1) is 0 Å². The van der Waals surface area contributed by atoms with E-state index in [0.717, 1.165) is 40.3 Å². The predicted octanol–water partition coefficient (Wildman–Crippen LogP) is 5.02. The maximum absolute atomic E-state index is 13.7. The highest BCUT2D eigenvalue weighted by Gasteiger charge is 2.37. The van der Waals surface area contributed by atoms with Crippen molar-refractivity contribution in [1.29, 1.82) is 5.26 Å². The Labute approximate surface area is 227 Å². The van der Waals surface area contributed by atoms with E-state index in [0.29, 0.717) is 35.6 Å². The first-order valence-electron chi connectivity index (χ1n) is 13.1. The van der Waals surface area contributed by atoms with Crippen LogP contribution in [0, 0.1) is 18.3 Å². The maximum Gasteiger partial charge on any atom is 0.271 e. The minimum Gasteiger partial charge on any atom is -0.494 e. The first-order chi connectivity index (χ1) is 18.9. The van der Waals surface area contributed by atoms with E-state index < -0.39 is 11.8 Å². The van der Waals surface area contributed by atoms with E-state index in [2.05, 4.69) is 0 Å². The van der Waals surface area contributed by atoms with Gasteiger partial charge in [0.05, 0.1) is 30.6 Å². The standard InChI is InChI=1S/C31H30N4O4/c1-4-38-28-13-12-22(15-20(28)2)29-23(18-35(33-29)24-9-6-5-7-10-24)16-26-21(3)27(17-32)31(37)34(30(26)36)19-25-11-8-14-39-25/h5-7,9-10,12-13,15-16,18,25H,4,8,11,14,19H2,1-3H3/b26-16+. The fourth-order valence-corrected chi connectivity index (χ4v) is 4.99. The van der Waals surface area contributed by atoms with Crippen LogP contribution >= 0.6 is 0 Å². The lowest BCUT2D eigenvalue weighted by Crippen LogP contribution is -2.46. The summed E-state index contributed by atoms with van der Waals surface area (Å²) in [7, 11) is 0. The van der Waals surface area contributed by atoms with E-state index in [9.17, 15) is 14.9 Å². The van der Waals surface area contributed by atoms with Gasteiger partial charge in [-0.3, -0.25) is 14.5 Å². The zero-order valence-electron chi connectivity index (χ0n) is 22.3. The molecule has 2 amide bonds. The molecule has 2 aliphatic rings. The quantitative estimate of drug-likeness (QED) is 0.319. The largest absolute Gasteiger partial charge is 0.494 e. The molecule has 3 aromatic rings. The van der Waals surface area contributed by atoms with Gasteiger partial charge >= 0.3 is 0 Å². The summed E-state index contributed by atoms with van der Waals surface area (Å²) >= 11 is 0. The average molecular weight is 523 g/mol. The Kier molecular flexibility index (Phi) is 7.44. The van der Waals surface area contributed by atoms with Crippen LogP contribution in [0.15, 0.2) is 71.4 Å². The molecular weight excluding hydrogens is 492 g/mol. The van der Waals surface area contributed by atoms with Crippen LogP contribution in [0.2, 0.25) is 0 Å². The van der Waals surface area contributed by atoms with Crippen LogP contribution < -0.4 is 4.74 Å². The van der Waals surface area contributed by atoms with Crippen molar-refractivity contribution in [2.45, 2.75) is 39.7 Å². The summed E-state index contributed by atoms with van der Waals surface area (Å²) in [6, 6.07) is 17.6. The second kappa shape index (κ2) is 11.1. The first kappa shape index (κ1) is 26.1. The third kappa shape index (κ3) is 5.14. The monoisotopic (exact) mass is 522 g/mol. The molecule has 0 radical (unpaired) electrons. The highest BCUT2D eigenvalue weighted by molar-refractivity contribution is 6.19. The molecule has 0 saturated carbocycles. The topological polar surface area (TPSA) is 97.4 Å². The molecule has 1 unspecified atom stereocenters. The number of ether oxygens (including phenoxy) is 2. The average Bonchev–Trinajstić information content (AvgIpc) is 3.61. The molecule has 1 aromatic heterocycles. The number of aromatic nitrogens is 2. The van der Waals surface area contributed by atoms with Gasteiger partial charge in [0.15, 0.2) is 0 Å². The van der Waals surface area contributed by atoms with Gasteiger partial charge in [-0.25, -0.2) is 4.68 Å². The van der Waals surface area contributed by atoms with Gasteiger partial charge < -0.3 is 9.47 Å². The molecular formula is C31H30N4O4. The summed E-state index contributed by atoms with van der Waals surface area (Å²) in [5, 5.41) is 14.7. The van der Waals surface area contributed by atoms with Gasteiger partial charge in [-0.2, -0.15) is 10.4 Å². The zero-order chi connectivity index (χ0) is 27.5. The Balaban J connectivity index is 1.63. The first-order valence-corrected chi connectivity index (χ1v) is 13.1. The third-order valence-corrected chi connectivity index (χ3v) is 7.05. The highest BCUT2D eigenvalue weighted by atomic mass is 16.5. The van der Waals surface area contributed by atoms with Crippen molar-refractivity contribution in [2.24, 2.45) is 0 Å². The number of nitrogens with zero attached hydrogens (tertiary/aromatic N) is 4. The van der Waals surface area contributed by atoms with Crippen LogP contribution in [0.1, 0.15) is 37.8 Å². The normalized spacial score (nSPS) is 18.7. The third-order valence-electron chi connectivity index (χ3n) is 7.05. The minimum atomic E-state index is -0.574. The second-order valence-corrected chi connectivity index (χ2v) is 9.65. The molecule has 0 spiro atoms. The van der Waals surface area contributed by atoms with Gasteiger partial charge in [-0.05, 0) is 81.2 Å². The lowest BCUT2D eigenvalue weighted by molar-refractivity contribution is -0.142. The Morgan fingerprint density at radius 3 is 2.62 bits per heavy atom. The molecule has 8 heteroatoms. The lowest BCUT2D eigenvalue weighted by Gasteiger charge is -2.29. The number of carbonyl (C=O) groups is 2. The molecule has 3 heterocycles. The van der Waals surface area contributed by atoms with Crippen molar-refractivity contribution in [3.05, 3.63) is 82.6 Å². The molecule has 2 aliphatic heterocycles. The van der Waals surface area contributed by atoms with Crippen LogP contribution in [-0.2, 0) is 14.3 Å². The number of nitriles is 1. The Morgan fingerprint density at radius 2 is 1.95 bits per heavy atom. The molecule has 5 rings (SSSR count). The Bertz CT molecular complexity index is 1520. The van der Waals surface area contributed by atoms with Gasteiger partial charge in [0.2, 0.25) is 0 Å². The summed E-state index contributed by atoms with van der Waals surface area (Å²) in [5.74, 6) is -0.213. The molecule has 0 N–H and O–H groups in total. The minimum absolute atomic E-state index is 0.0345. The zero-order valence-corrected chi connectivity index (χ0v) is 22.3. The van der Waals surface area contributed by atoms with Gasteiger partial charge in [-0.1, -0.05) is 18.2 Å². The number of hydrogen-bond acceptors (Lipinski definition) is 6. The SMILES string of the molecule is CCOc1ccc(-c2nn(-c3ccccc3)cc2/C=C2/C(=O)N(CC3CCCO3)C(=O)C(C#N)=C2C)cc1C. The second-order valence-electron chi connectivity index (χ2n) is 9.65. The maximum atomic E-state index is 13.7. The van der Waals surface area contributed by atoms with E-state index in [1.807, 2.05) is 74.6 Å². The van der Waals surface area contributed by atoms with Crippen molar-refractivity contribution in [3.63, 3.8) is 0 Å². The van der Waals surface area contributed by atoms with Crippen molar-refractivity contribution < 1.29 is 19.1 Å². The molecule has 0 bridgehead atoms. The smallest absolute Gasteiger partial charge is 0.271 e. The fourth-order valence-electron chi connectivity index (χ4n) is 4.99. The molecule has 198 valence electrons. The molecule has 1 atom stereocenters. The number of benzene rings is 2. The van der Waals surface area contributed by atoms with Crippen molar-refractivity contribution in [3.8, 4) is 28.8 Å². The Hall–Kier alpha value is -4.48. The number of amides is 2. The lowest BCUT2D eigenvalue weighted by atomic mass is 9.93. The number of rotatable bonds is 7. The van der Waals surface area contributed by atoms with E-state index in [4.69, 9.17) is 14.6 Å². The number of aryl methyl sites for hydroxylation is 1. The van der Waals surface area contributed by atoms with Crippen LogP contribution in [0.4, 0.5) is 0 Å². The highest BCUT2D eigenvalue weighted by Crippen LogP contribution is 2.33. The van der Waals surface area contributed by atoms with Gasteiger partial charge in [0.25, 0.3) is 11.8 Å². The molecule has 2 aromatic carbocycles. The van der Waals surface area contributed by atoms with Crippen LogP contribution in [0.3, 0.4) is 0 Å². The van der Waals surface area contributed by atoms with Crippen molar-refractivity contribution >= 4 is 17.9 Å². The van der Waals surface area contributed by atoms with Gasteiger partial charge in [0, 0.05) is 29.5 Å². The predicted molar refractivity (Wildman–Crippen MR) is 147 cm³/mol. The molecule has 1 saturated heterocycles.